The molecule has 2 rings (SSSR count). The Bertz CT molecular complexity index is 393. The smallest absolute Gasteiger partial charge is 0.120 e. The van der Waals surface area contributed by atoms with E-state index in [1.807, 2.05) is 12.2 Å². The van der Waals surface area contributed by atoms with E-state index in [4.69, 9.17) is 0 Å². The Morgan fingerprint density at radius 3 is 2.94 bits per heavy atom. The summed E-state index contributed by atoms with van der Waals surface area (Å²) >= 11 is 0. The third kappa shape index (κ3) is 2.61. The fourth-order valence-corrected chi connectivity index (χ4v) is 2.77. The van der Waals surface area contributed by atoms with Gasteiger partial charge in [0.25, 0.3) is 0 Å². The zero-order valence-electron chi connectivity index (χ0n) is 11.6. The Morgan fingerprint density at radius 1 is 1.50 bits per heavy atom. The van der Waals surface area contributed by atoms with Crippen molar-refractivity contribution in [1.29, 1.82) is 0 Å². The van der Waals surface area contributed by atoms with Gasteiger partial charge in [0, 0.05) is 24.4 Å². The molecule has 1 aliphatic heterocycles. The predicted octanol–water partition coefficient (Wildman–Crippen LogP) is 2.73. The van der Waals surface area contributed by atoms with Crippen molar-refractivity contribution in [3.8, 4) is 0 Å². The monoisotopic (exact) mass is 248 g/mol. The molecule has 3 nitrogen and oxygen atoms in total. The molecule has 0 spiro atoms. The minimum absolute atomic E-state index is 0.291. The third-order valence-corrected chi connectivity index (χ3v) is 3.88. The first-order valence-corrected chi connectivity index (χ1v) is 6.92. The summed E-state index contributed by atoms with van der Waals surface area (Å²) in [5, 5.41) is 13.3. The molecule has 0 fully saturated rings. The highest BCUT2D eigenvalue weighted by Gasteiger charge is 2.27. The number of fused-ring (bicyclic) bond motifs is 1. The van der Waals surface area contributed by atoms with E-state index in [2.05, 4.69) is 37.2 Å². The second-order valence-corrected chi connectivity index (χ2v) is 5.30. The minimum Gasteiger partial charge on any atom is -0.508 e. The lowest BCUT2D eigenvalue weighted by Crippen LogP contribution is -2.32. The average molecular weight is 248 g/mol. The van der Waals surface area contributed by atoms with Gasteiger partial charge in [-0.25, -0.2) is 0 Å². The van der Waals surface area contributed by atoms with Gasteiger partial charge in [-0.2, -0.15) is 0 Å². The number of allylic oxidation sites excluding steroid dienone is 1. The van der Waals surface area contributed by atoms with Gasteiger partial charge in [-0.1, -0.05) is 13.0 Å². The summed E-state index contributed by atoms with van der Waals surface area (Å²) in [5.74, 6) is 0.440. The van der Waals surface area contributed by atoms with Crippen molar-refractivity contribution in [2.75, 3.05) is 13.1 Å². The molecule has 1 atom stereocenters. The summed E-state index contributed by atoms with van der Waals surface area (Å²) < 4.78 is 0. The van der Waals surface area contributed by atoms with Crippen LogP contribution < -0.4 is 5.32 Å². The number of nitrogens with zero attached hydrogens (tertiary/aromatic N) is 1. The molecule has 2 N–H and O–H groups in total. The van der Waals surface area contributed by atoms with Crippen LogP contribution >= 0.6 is 0 Å². The molecule has 0 saturated carbocycles. The highest BCUT2D eigenvalue weighted by molar-refractivity contribution is 5.47. The van der Waals surface area contributed by atoms with Gasteiger partial charge in [0.05, 0.1) is 6.04 Å². The Balaban J connectivity index is 2.00. The summed E-state index contributed by atoms with van der Waals surface area (Å²) in [6, 6.07) is 0.869. The van der Waals surface area contributed by atoms with Crippen molar-refractivity contribution in [3.63, 3.8) is 0 Å². The first kappa shape index (κ1) is 13.2. The maximum atomic E-state index is 9.98. The predicted molar refractivity (Wildman–Crippen MR) is 75.4 cm³/mol. The largest absolute Gasteiger partial charge is 0.508 e. The van der Waals surface area contributed by atoms with Gasteiger partial charge < -0.3 is 15.3 Å². The fourth-order valence-electron chi connectivity index (χ4n) is 2.77. The molecule has 0 aromatic heterocycles. The van der Waals surface area contributed by atoms with Crippen LogP contribution in [0.4, 0.5) is 0 Å². The first-order chi connectivity index (χ1) is 8.63. The quantitative estimate of drug-likeness (QED) is 0.785. The van der Waals surface area contributed by atoms with Gasteiger partial charge in [0.1, 0.15) is 5.76 Å². The van der Waals surface area contributed by atoms with E-state index in [0.29, 0.717) is 17.8 Å². The van der Waals surface area contributed by atoms with Gasteiger partial charge in [-0.05, 0) is 44.9 Å². The van der Waals surface area contributed by atoms with Gasteiger partial charge in [0.15, 0.2) is 0 Å². The van der Waals surface area contributed by atoms with Crippen LogP contribution in [-0.4, -0.2) is 35.2 Å². The average Bonchev–Trinajstić information content (AvgIpc) is 2.74. The molecule has 0 radical (unpaired) electrons. The molecule has 1 aliphatic carbocycles. The topological polar surface area (TPSA) is 35.5 Å². The summed E-state index contributed by atoms with van der Waals surface area (Å²) in [7, 11) is 0. The number of aliphatic hydroxyl groups excluding tert-OH is 1. The lowest BCUT2D eigenvalue weighted by atomic mass is 9.93. The lowest BCUT2D eigenvalue weighted by Gasteiger charge is -2.25. The Morgan fingerprint density at radius 2 is 2.28 bits per heavy atom. The van der Waals surface area contributed by atoms with Crippen LogP contribution in [0.25, 0.3) is 0 Å². The molecule has 0 amide bonds. The minimum atomic E-state index is 0.291. The van der Waals surface area contributed by atoms with Crippen LogP contribution in [0, 0.1) is 0 Å². The maximum absolute atomic E-state index is 9.98. The Labute approximate surface area is 110 Å². The van der Waals surface area contributed by atoms with E-state index in [1.54, 1.807) is 0 Å². The van der Waals surface area contributed by atoms with Crippen molar-refractivity contribution >= 4 is 0 Å². The first-order valence-electron chi connectivity index (χ1n) is 6.92. The van der Waals surface area contributed by atoms with Crippen molar-refractivity contribution in [2.24, 2.45) is 0 Å². The van der Waals surface area contributed by atoms with Crippen LogP contribution in [0.2, 0.25) is 0 Å². The summed E-state index contributed by atoms with van der Waals surface area (Å²) in [6.07, 6.45) is 7.91. The highest BCUT2D eigenvalue weighted by Crippen LogP contribution is 2.31. The van der Waals surface area contributed by atoms with E-state index >= 15 is 0 Å². The van der Waals surface area contributed by atoms with Gasteiger partial charge in [-0.3, -0.25) is 0 Å². The number of aliphatic hydroxyl groups is 1. The summed E-state index contributed by atoms with van der Waals surface area (Å²) in [5.41, 5.74) is 2.37. The van der Waals surface area contributed by atoms with Gasteiger partial charge in [0.2, 0.25) is 0 Å². The molecule has 0 aromatic rings. The second-order valence-electron chi connectivity index (χ2n) is 5.30. The third-order valence-electron chi connectivity index (χ3n) is 3.88. The van der Waals surface area contributed by atoms with Gasteiger partial charge >= 0.3 is 0 Å². The molecule has 1 unspecified atom stereocenters. The van der Waals surface area contributed by atoms with Crippen molar-refractivity contribution in [1.82, 2.24) is 10.2 Å². The number of hydrogen-bond acceptors (Lipinski definition) is 3. The molecule has 0 saturated heterocycles. The molecule has 18 heavy (non-hydrogen) atoms. The van der Waals surface area contributed by atoms with Crippen LogP contribution in [0.15, 0.2) is 35.3 Å². The molecule has 2 aliphatic rings. The van der Waals surface area contributed by atoms with E-state index in [1.165, 1.54) is 5.57 Å². The van der Waals surface area contributed by atoms with E-state index in [-0.39, 0.29) is 0 Å². The van der Waals surface area contributed by atoms with Crippen LogP contribution in [0.1, 0.15) is 33.6 Å². The molecule has 1 heterocycles. The van der Waals surface area contributed by atoms with E-state index in [0.717, 1.165) is 31.5 Å². The van der Waals surface area contributed by atoms with E-state index < -0.39 is 0 Å². The molecule has 0 aromatic carbocycles. The normalized spacial score (nSPS) is 22.5. The van der Waals surface area contributed by atoms with Crippen LogP contribution in [0.5, 0.6) is 0 Å². The summed E-state index contributed by atoms with van der Waals surface area (Å²) in [6.45, 7) is 8.78. The zero-order chi connectivity index (χ0) is 13.1. The number of nitrogens with one attached hydrogen (secondary N) is 1. The molecular weight excluding hydrogens is 224 g/mol. The Kier molecular flexibility index (Phi) is 4.12. The van der Waals surface area contributed by atoms with Crippen molar-refractivity contribution in [2.45, 2.75) is 45.7 Å². The SMILES string of the molecule is CCN(CCC1=CNC2CC=CC(O)=C12)C(C)C. The highest BCUT2D eigenvalue weighted by atomic mass is 16.3. The van der Waals surface area contributed by atoms with Crippen molar-refractivity contribution in [3.05, 3.63) is 35.3 Å². The zero-order valence-corrected chi connectivity index (χ0v) is 11.6. The lowest BCUT2D eigenvalue weighted by molar-refractivity contribution is 0.237. The Hall–Kier alpha value is -1.22. The number of hydrogen-bond donors (Lipinski definition) is 2. The summed E-state index contributed by atoms with van der Waals surface area (Å²) in [4.78, 5) is 2.45. The second kappa shape index (κ2) is 5.61. The van der Waals surface area contributed by atoms with Crippen molar-refractivity contribution < 1.29 is 5.11 Å². The molecule has 100 valence electrons. The van der Waals surface area contributed by atoms with E-state index in [9.17, 15) is 5.11 Å². The van der Waals surface area contributed by atoms with Gasteiger partial charge in [-0.15, -0.1) is 0 Å². The molecular formula is C15H24N2O. The van der Waals surface area contributed by atoms with Crippen LogP contribution in [-0.2, 0) is 0 Å². The molecule has 3 heteroatoms. The van der Waals surface area contributed by atoms with Crippen LogP contribution in [0.3, 0.4) is 0 Å². The maximum Gasteiger partial charge on any atom is 0.120 e. The standard InChI is InChI=1S/C15H24N2O/c1-4-17(11(2)3)9-8-12-10-16-13-6-5-7-14(18)15(12)13/h5,7,10-11,13,16,18H,4,6,8-9H2,1-3H3. The fraction of sp³-hybridized carbons (Fsp3) is 0.600. The molecule has 0 bridgehead atoms. The number of rotatable bonds is 5.